The number of sulfonamides is 1. The maximum absolute atomic E-state index is 13.9. The van der Waals surface area contributed by atoms with E-state index in [9.17, 15) is 18.3 Å². The van der Waals surface area contributed by atoms with E-state index in [1.54, 1.807) is 0 Å². The van der Waals surface area contributed by atoms with Crippen LogP contribution in [0.5, 0.6) is 17.9 Å². The van der Waals surface area contributed by atoms with Crippen molar-refractivity contribution in [3.8, 4) is 35.2 Å². The largest absolute Gasteiger partial charge is 0.491 e. The zero-order valence-corrected chi connectivity index (χ0v) is 28.7. The smallest absolute Gasteiger partial charge is 0.427 e. The molecule has 250 valence electrons. The monoisotopic (exact) mass is 687 g/mol. The fourth-order valence-corrected chi connectivity index (χ4v) is 7.23. The van der Waals surface area contributed by atoms with Crippen LogP contribution in [0.4, 0.5) is 0 Å². The minimum Gasteiger partial charge on any atom is -0.491 e. The van der Waals surface area contributed by atoms with Gasteiger partial charge in [0.15, 0.2) is 0 Å². The third-order valence-electron chi connectivity index (χ3n) is 7.32. The number of oxazole rings is 1. The van der Waals surface area contributed by atoms with Crippen LogP contribution in [-0.4, -0.2) is 64.7 Å². The Balaban J connectivity index is 1.92. The van der Waals surface area contributed by atoms with E-state index in [0.29, 0.717) is 17.7 Å². The van der Waals surface area contributed by atoms with Gasteiger partial charge in [-0.2, -0.15) is 14.3 Å². The first-order chi connectivity index (χ1) is 21.6. The highest BCUT2D eigenvalue weighted by Crippen LogP contribution is 2.37. The second kappa shape index (κ2) is 17.7. The lowest BCUT2D eigenvalue weighted by Crippen LogP contribution is -2.33. The predicted molar refractivity (Wildman–Crippen MR) is 173 cm³/mol. The quantitative estimate of drug-likeness (QED) is 0.123. The molecule has 15 heteroatoms. The summed E-state index contributed by atoms with van der Waals surface area (Å²) in [4.78, 5) is 24.7. The van der Waals surface area contributed by atoms with Crippen LogP contribution in [0.15, 0.2) is 26.2 Å². The molecule has 0 aliphatic heterocycles. The highest BCUT2D eigenvalue weighted by atomic mass is 35.5. The highest BCUT2D eigenvalue weighted by Gasteiger charge is 2.29. The average molecular weight is 689 g/mol. The van der Waals surface area contributed by atoms with Crippen molar-refractivity contribution in [2.45, 2.75) is 95.8 Å². The molecule has 2 aromatic heterocycles. The van der Waals surface area contributed by atoms with Crippen LogP contribution in [-0.2, 0) is 10.0 Å². The molecule has 0 aliphatic rings. The number of hydrogen-bond donors (Lipinski definition) is 1. The Bertz CT molecular complexity index is 1500. The zero-order chi connectivity index (χ0) is 33.0. The van der Waals surface area contributed by atoms with Crippen molar-refractivity contribution in [1.29, 1.82) is 0 Å². The van der Waals surface area contributed by atoms with Crippen molar-refractivity contribution in [3.05, 3.63) is 32.7 Å². The van der Waals surface area contributed by atoms with Crippen LogP contribution >= 0.6 is 23.2 Å². The van der Waals surface area contributed by atoms with Crippen molar-refractivity contribution in [3.63, 3.8) is 0 Å². The molecule has 0 atom stereocenters. The molecule has 0 aliphatic carbocycles. The summed E-state index contributed by atoms with van der Waals surface area (Å²) in [6.07, 6.45) is 12.3. The van der Waals surface area contributed by atoms with Gasteiger partial charge in [0, 0.05) is 13.1 Å². The molecule has 12 nitrogen and oxygen atoms in total. The molecule has 2 heterocycles. The predicted octanol–water partition coefficient (Wildman–Crippen LogP) is 7.02. The molecule has 3 rings (SSSR count). The van der Waals surface area contributed by atoms with E-state index < -0.39 is 27.4 Å². The van der Waals surface area contributed by atoms with Gasteiger partial charge in [0.1, 0.15) is 0 Å². The Hall–Kier alpha value is -2.87. The number of unbranched alkanes of at least 4 members (excludes halogenated alkanes) is 10. The lowest BCUT2D eigenvalue weighted by atomic mass is 10.1. The molecule has 0 fully saturated rings. The topological polar surface area (TPSA) is 150 Å². The number of benzene rings is 1. The Kier molecular flexibility index (Phi) is 14.4. The van der Waals surface area contributed by atoms with E-state index in [1.165, 1.54) is 30.7 Å². The summed E-state index contributed by atoms with van der Waals surface area (Å²) in [5.74, 6) is -2.46. The molecule has 1 N–H and O–H groups in total. The first-order valence-corrected chi connectivity index (χ1v) is 17.6. The van der Waals surface area contributed by atoms with Crippen LogP contribution in [0.25, 0.3) is 17.3 Å². The molecule has 3 aromatic rings. The number of nitrogens with zero attached hydrogens (tertiary/aromatic N) is 5. The standard InChI is InChI=1S/C30H43Cl2N5O7S/c1-5-7-9-11-13-15-17-36(18-16-14-12-10-8-6-2)45(40,41)21-19-22(31)24(23(32)20-21)37-27(38)25(44-30(37)39)26-33-28(42-3)35-29(34-26)43-4/h19-20,38H,5-18H2,1-4H3. The van der Waals surface area contributed by atoms with Crippen LogP contribution in [0.1, 0.15) is 90.9 Å². The van der Waals surface area contributed by atoms with Gasteiger partial charge in [0.25, 0.3) is 0 Å². The summed E-state index contributed by atoms with van der Waals surface area (Å²) in [5.41, 5.74) is -0.166. The fourth-order valence-electron chi connectivity index (χ4n) is 4.87. The number of rotatable bonds is 20. The van der Waals surface area contributed by atoms with E-state index in [1.807, 2.05) is 0 Å². The number of methoxy groups -OCH3 is 2. The maximum Gasteiger partial charge on any atom is 0.427 e. The van der Waals surface area contributed by atoms with Gasteiger partial charge in [-0.15, -0.1) is 4.98 Å². The van der Waals surface area contributed by atoms with Crippen LogP contribution in [0, 0.1) is 0 Å². The van der Waals surface area contributed by atoms with Crippen LogP contribution in [0.2, 0.25) is 10.0 Å². The minimum absolute atomic E-state index is 0.110. The summed E-state index contributed by atoms with van der Waals surface area (Å²) in [5, 5.41) is 10.6. The molecule has 1 aromatic carbocycles. The second-order valence-electron chi connectivity index (χ2n) is 10.7. The number of ether oxygens (including phenoxy) is 2. The number of aromatic hydroxyl groups is 1. The SMILES string of the molecule is CCCCCCCCN(CCCCCCCC)S(=O)(=O)c1cc(Cl)c(-n2c(O)c(-c3nc(OC)nc(OC)n3)oc2=O)c(Cl)c1. The summed E-state index contributed by atoms with van der Waals surface area (Å²) in [7, 11) is -1.34. The summed E-state index contributed by atoms with van der Waals surface area (Å²) < 4.78 is 45.3. The summed E-state index contributed by atoms with van der Waals surface area (Å²) >= 11 is 13.1. The van der Waals surface area contributed by atoms with Gasteiger partial charge < -0.3 is 19.0 Å². The van der Waals surface area contributed by atoms with Crippen LogP contribution in [0.3, 0.4) is 0 Å². The number of halogens is 2. The molecule has 0 radical (unpaired) electrons. The van der Waals surface area contributed by atoms with Crippen LogP contribution < -0.4 is 15.2 Å². The van der Waals surface area contributed by atoms with Crippen molar-refractivity contribution in [1.82, 2.24) is 23.8 Å². The first-order valence-electron chi connectivity index (χ1n) is 15.4. The Labute approximate surface area is 274 Å². The third-order valence-corrected chi connectivity index (χ3v) is 9.78. The number of aromatic nitrogens is 4. The Morgan fingerprint density at radius 3 is 1.76 bits per heavy atom. The molecule has 0 saturated heterocycles. The van der Waals surface area contributed by atoms with Gasteiger partial charge in [-0.1, -0.05) is 101 Å². The van der Waals surface area contributed by atoms with Crippen molar-refractivity contribution < 1.29 is 27.4 Å². The first kappa shape index (κ1) is 36.6. The highest BCUT2D eigenvalue weighted by molar-refractivity contribution is 7.89. The fraction of sp³-hybridized carbons (Fsp3) is 0.600. The van der Waals surface area contributed by atoms with Crippen molar-refractivity contribution >= 4 is 33.2 Å². The Morgan fingerprint density at radius 1 is 0.822 bits per heavy atom. The van der Waals surface area contributed by atoms with E-state index in [0.717, 1.165) is 77.0 Å². The Morgan fingerprint density at radius 2 is 1.29 bits per heavy atom. The van der Waals surface area contributed by atoms with Gasteiger partial charge in [-0.3, -0.25) is 0 Å². The average Bonchev–Trinajstić information content (AvgIpc) is 3.31. The lowest BCUT2D eigenvalue weighted by Gasteiger charge is -2.23. The van der Waals surface area contributed by atoms with Gasteiger partial charge in [0.2, 0.25) is 27.5 Å². The second-order valence-corrected chi connectivity index (χ2v) is 13.4. The van der Waals surface area contributed by atoms with Gasteiger partial charge >= 0.3 is 17.8 Å². The van der Waals surface area contributed by atoms with Crippen molar-refractivity contribution in [2.24, 2.45) is 0 Å². The maximum atomic E-state index is 13.9. The minimum atomic E-state index is -3.98. The van der Waals surface area contributed by atoms with E-state index in [2.05, 4.69) is 28.8 Å². The lowest BCUT2D eigenvalue weighted by molar-refractivity contribution is 0.339. The zero-order valence-electron chi connectivity index (χ0n) is 26.4. The van der Waals surface area contributed by atoms with Gasteiger partial charge in [0.05, 0.1) is 34.8 Å². The molecule has 0 bridgehead atoms. The molecule has 0 unspecified atom stereocenters. The van der Waals surface area contributed by atoms with Crippen molar-refractivity contribution in [2.75, 3.05) is 27.3 Å². The third kappa shape index (κ3) is 9.57. The summed E-state index contributed by atoms with van der Waals surface area (Å²) in [6.45, 7) is 5.07. The normalized spacial score (nSPS) is 11.8. The molecular weight excluding hydrogens is 645 g/mol. The van der Waals surface area contributed by atoms with E-state index in [4.69, 9.17) is 37.1 Å². The van der Waals surface area contributed by atoms with E-state index in [-0.39, 0.29) is 38.5 Å². The van der Waals surface area contributed by atoms with Gasteiger partial charge in [-0.25, -0.2) is 17.8 Å². The molecule has 0 amide bonds. The molecule has 45 heavy (non-hydrogen) atoms. The molecule has 0 spiro atoms. The van der Waals surface area contributed by atoms with Gasteiger partial charge in [-0.05, 0) is 25.0 Å². The number of hydrogen-bond acceptors (Lipinski definition) is 10. The molecule has 0 saturated carbocycles. The summed E-state index contributed by atoms with van der Waals surface area (Å²) in [6, 6.07) is 2.15. The molecular formula is C30H43Cl2N5O7S. The van der Waals surface area contributed by atoms with E-state index >= 15 is 0 Å².